The Bertz CT molecular complexity index is 801. The van der Waals surface area contributed by atoms with Crippen LogP contribution in [0, 0.1) is 0 Å². The quantitative estimate of drug-likeness (QED) is 0.786. The summed E-state index contributed by atoms with van der Waals surface area (Å²) in [5.41, 5.74) is 0.746. The number of amides is 5. The maximum absolute atomic E-state index is 12.6. The lowest BCUT2D eigenvalue weighted by Crippen LogP contribution is -2.54. The normalized spacial score (nSPS) is 19.7. The van der Waals surface area contributed by atoms with E-state index in [0.29, 0.717) is 18.5 Å². The smallest absolute Gasteiger partial charge is 0.262 e. The van der Waals surface area contributed by atoms with E-state index in [9.17, 15) is 24.0 Å². The number of nitrogens with one attached hydrogen (secondary N) is 2. The van der Waals surface area contributed by atoms with Crippen LogP contribution >= 0.6 is 0 Å². The van der Waals surface area contributed by atoms with Crippen LogP contribution in [0.25, 0.3) is 0 Å². The predicted octanol–water partition coefficient (Wildman–Crippen LogP) is 0.826. The second kappa shape index (κ2) is 6.46. The van der Waals surface area contributed by atoms with Crippen molar-refractivity contribution in [3.05, 3.63) is 29.3 Å². The summed E-state index contributed by atoms with van der Waals surface area (Å²) in [6.07, 6.45) is 1.22. The Morgan fingerprint density at radius 2 is 1.92 bits per heavy atom. The molecule has 0 aromatic heterocycles. The first-order valence-corrected chi connectivity index (χ1v) is 8.08. The van der Waals surface area contributed by atoms with E-state index >= 15 is 0 Å². The molecule has 0 radical (unpaired) electrons. The van der Waals surface area contributed by atoms with Crippen molar-refractivity contribution in [3.8, 4) is 0 Å². The molecule has 1 aromatic rings. The zero-order valence-corrected chi connectivity index (χ0v) is 13.6. The molecule has 1 fully saturated rings. The van der Waals surface area contributed by atoms with Crippen LogP contribution in [-0.4, -0.2) is 40.5 Å². The van der Waals surface area contributed by atoms with E-state index in [2.05, 4.69) is 10.6 Å². The Kier molecular flexibility index (Phi) is 4.35. The molecule has 8 nitrogen and oxygen atoms in total. The molecule has 1 saturated heterocycles. The minimum Gasteiger partial charge on any atom is -0.326 e. The van der Waals surface area contributed by atoms with Crippen LogP contribution in [0.15, 0.2) is 18.2 Å². The van der Waals surface area contributed by atoms with Gasteiger partial charge in [0.1, 0.15) is 6.04 Å². The summed E-state index contributed by atoms with van der Waals surface area (Å²) in [6.45, 7) is 1.88. The molecule has 25 heavy (non-hydrogen) atoms. The molecule has 0 aliphatic carbocycles. The van der Waals surface area contributed by atoms with Gasteiger partial charge in [0.05, 0.1) is 11.1 Å². The number of hydrogen-bond donors (Lipinski definition) is 2. The first kappa shape index (κ1) is 16.8. The van der Waals surface area contributed by atoms with Crippen molar-refractivity contribution in [3.63, 3.8) is 0 Å². The first-order valence-electron chi connectivity index (χ1n) is 8.08. The van der Waals surface area contributed by atoms with Gasteiger partial charge in [0.25, 0.3) is 11.8 Å². The summed E-state index contributed by atoms with van der Waals surface area (Å²) in [5, 5.41) is 4.82. The molecule has 5 amide bonds. The van der Waals surface area contributed by atoms with Crippen LogP contribution in [0.4, 0.5) is 5.69 Å². The lowest BCUT2D eigenvalue weighted by Gasteiger charge is -2.27. The molecule has 130 valence electrons. The van der Waals surface area contributed by atoms with Crippen LogP contribution in [-0.2, 0) is 14.4 Å². The zero-order chi connectivity index (χ0) is 18.1. The number of fused-ring (bicyclic) bond motifs is 1. The highest BCUT2D eigenvalue weighted by Crippen LogP contribution is 2.29. The number of rotatable bonds is 4. The molecule has 3 rings (SSSR count). The number of carbonyl (C=O) groups is 5. The number of piperidine rings is 1. The zero-order valence-electron chi connectivity index (χ0n) is 13.6. The van der Waals surface area contributed by atoms with Crippen molar-refractivity contribution >= 4 is 35.2 Å². The van der Waals surface area contributed by atoms with Gasteiger partial charge in [-0.1, -0.05) is 6.92 Å². The third kappa shape index (κ3) is 3.02. The standard InChI is InChI=1S/C17H17N3O5/c1-2-3-13(21)18-9-4-5-10-11(8-9)17(25)20(16(10)24)12-6-7-14(22)19-15(12)23/h4-5,8,12H,2-3,6-7H2,1H3,(H,18,21)(H,19,22,23). The highest BCUT2D eigenvalue weighted by molar-refractivity contribution is 6.23. The van der Waals surface area contributed by atoms with Gasteiger partial charge in [0, 0.05) is 18.5 Å². The van der Waals surface area contributed by atoms with Crippen molar-refractivity contribution in [2.24, 2.45) is 0 Å². The molecule has 2 aliphatic rings. The van der Waals surface area contributed by atoms with E-state index in [1.165, 1.54) is 12.1 Å². The van der Waals surface area contributed by atoms with Gasteiger partial charge >= 0.3 is 0 Å². The summed E-state index contributed by atoms with van der Waals surface area (Å²) in [6, 6.07) is 3.45. The number of anilines is 1. The maximum Gasteiger partial charge on any atom is 0.262 e. The molecule has 1 atom stereocenters. The highest BCUT2D eigenvalue weighted by Gasteiger charge is 2.44. The molecular formula is C17H17N3O5. The Hall–Kier alpha value is -3.03. The van der Waals surface area contributed by atoms with E-state index in [1.54, 1.807) is 6.07 Å². The highest BCUT2D eigenvalue weighted by atomic mass is 16.2. The van der Waals surface area contributed by atoms with Gasteiger partial charge in [-0.05, 0) is 31.0 Å². The van der Waals surface area contributed by atoms with Crippen LogP contribution < -0.4 is 10.6 Å². The van der Waals surface area contributed by atoms with Gasteiger partial charge in [-0.25, -0.2) is 0 Å². The van der Waals surface area contributed by atoms with Gasteiger partial charge in [-0.2, -0.15) is 0 Å². The lowest BCUT2D eigenvalue weighted by atomic mass is 10.0. The summed E-state index contributed by atoms with van der Waals surface area (Å²) >= 11 is 0. The van der Waals surface area contributed by atoms with Crippen LogP contribution in [0.5, 0.6) is 0 Å². The second-order valence-corrected chi connectivity index (χ2v) is 6.01. The van der Waals surface area contributed by atoms with Gasteiger partial charge < -0.3 is 5.32 Å². The molecule has 2 heterocycles. The average molecular weight is 343 g/mol. The second-order valence-electron chi connectivity index (χ2n) is 6.01. The van der Waals surface area contributed by atoms with Crippen molar-refractivity contribution < 1.29 is 24.0 Å². The first-order chi connectivity index (χ1) is 11.9. The van der Waals surface area contributed by atoms with Crippen molar-refractivity contribution in [2.45, 2.75) is 38.6 Å². The molecule has 0 saturated carbocycles. The minimum atomic E-state index is -0.997. The van der Waals surface area contributed by atoms with E-state index in [4.69, 9.17) is 0 Å². The fraction of sp³-hybridized carbons (Fsp3) is 0.353. The summed E-state index contributed by atoms with van der Waals surface area (Å²) in [4.78, 5) is 61.0. The lowest BCUT2D eigenvalue weighted by molar-refractivity contribution is -0.136. The van der Waals surface area contributed by atoms with Crippen LogP contribution in [0.3, 0.4) is 0 Å². The molecule has 0 bridgehead atoms. The summed E-state index contributed by atoms with van der Waals surface area (Å²) < 4.78 is 0. The minimum absolute atomic E-state index is 0.0716. The Morgan fingerprint density at radius 3 is 2.60 bits per heavy atom. The molecule has 8 heteroatoms. The van der Waals surface area contributed by atoms with Crippen molar-refractivity contribution in [2.75, 3.05) is 5.32 Å². The van der Waals surface area contributed by atoms with Crippen LogP contribution in [0.1, 0.15) is 53.3 Å². The summed E-state index contributed by atoms with van der Waals surface area (Å²) in [5.74, 6) is -2.41. The number of benzene rings is 1. The van der Waals surface area contributed by atoms with Gasteiger partial charge in [0.2, 0.25) is 17.7 Å². The molecule has 1 aromatic carbocycles. The Morgan fingerprint density at radius 1 is 1.20 bits per heavy atom. The fourth-order valence-corrected chi connectivity index (χ4v) is 3.00. The third-order valence-corrected chi connectivity index (χ3v) is 4.20. The van der Waals surface area contributed by atoms with Crippen molar-refractivity contribution in [1.29, 1.82) is 0 Å². The Balaban J connectivity index is 1.85. The Labute approximate surface area is 143 Å². The topological polar surface area (TPSA) is 113 Å². The third-order valence-electron chi connectivity index (χ3n) is 4.20. The van der Waals surface area contributed by atoms with E-state index in [-0.39, 0.29) is 29.9 Å². The predicted molar refractivity (Wildman–Crippen MR) is 86.7 cm³/mol. The van der Waals surface area contributed by atoms with Gasteiger partial charge in [-0.15, -0.1) is 0 Å². The summed E-state index contributed by atoms with van der Waals surface area (Å²) in [7, 11) is 0. The van der Waals surface area contributed by atoms with E-state index in [0.717, 1.165) is 4.90 Å². The van der Waals surface area contributed by atoms with Gasteiger partial charge in [-0.3, -0.25) is 34.2 Å². The molecule has 0 spiro atoms. The number of imide groups is 2. The molecule has 1 unspecified atom stereocenters. The number of carbonyl (C=O) groups excluding carboxylic acids is 5. The fourth-order valence-electron chi connectivity index (χ4n) is 3.00. The molecular weight excluding hydrogens is 326 g/mol. The molecule has 2 aliphatic heterocycles. The SMILES string of the molecule is CCCC(=O)Nc1ccc2c(c1)C(=O)N(C1CCC(=O)NC1=O)C2=O. The van der Waals surface area contributed by atoms with E-state index in [1.807, 2.05) is 6.92 Å². The monoisotopic (exact) mass is 343 g/mol. The maximum atomic E-state index is 12.6. The number of nitrogens with zero attached hydrogens (tertiary/aromatic N) is 1. The average Bonchev–Trinajstić information content (AvgIpc) is 2.79. The van der Waals surface area contributed by atoms with Crippen molar-refractivity contribution in [1.82, 2.24) is 10.2 Å². The molecule has 2 N–H and O–H groups in total. The van der Waals surface area contributed by atoms with Gasteiger partial charge in [0.15, 0.2) is 0 Å². The number of hydrogen-bond acceptors (Lipinski definition) is 5. The van der Waals surface area contributed by atoms with E-state index < -0.39 is 29.7 Å². The van der Waals surface area contributed by atoms with Crippen LogP contribution in [0.2, 0.25) is 0 Å². The largest absolute Gasteiger partial charge is 0.326 e.